The van der Waals surface area contributed by atoms with Crippen LogP contribution in [0.5, 0.6) is 0 Å². The van der Waals surface area contributed by atoms with Gasteiger partial charge in [0.05, 0.1) is 11.6 Å². The van der Waals surface area contributed by atoms with Crippen molar-refractivity contribution in [1.82, 2.24) is 19.2 Å². The molecule has 36 heavy (non-hydrogen) atoms. The first-order valence-corrected chi connectivity index (χ1v) is 19.4. The second-order valence-electron chi connectivity index (χ2n) is 11.6. The van der Waals surface area contributed by atoms with Crippen LogP contribution in [0.1, 0.15) is 22.7 Å². The van der Waals surface area contributed by atoms with Crippen molar-refractivity contribution in [2.45, 2.75) is 69.8 Å². The van der Waals surface area contributed by atoms with Gasteiger partial charge in [-0.05, 0) is 48.7 Å². The number of para-hydroxylation sites is 1. The van der Waals surface area contributed by atoms with Gasteiger partial charge in [0.25, 0.3) is 0 Å². The highest BCUT2D eigenvalue weighted by molar-refractivity contribution is 6.95. The topological polar surface area (TPSA) is 54.2 Å². The Balaban J connectivity index is 1.66. The lowest BCUT2D eigenvalue weighted by Crippen LogP contribution is -2.64. The maximum Gasteiger partial charge on any atom is 0.115 e. The monoisotopic (exact) mass is 514 g/mol. The number of nitrogens with zero attached hydrogens (tertiary/aromatic N) is 4. The minimum absolute atomic E-state index is 0.00694. The molecule has 1 fully saturated rings. The van der Waals surface area contributed by atoms with Crippen molar-refractivity contribution in [3.8, 4) is 0 Å². The third-order valence-electron chi connectivity index (χ3n) is 8.05. The molecule has 3 aromatic carbocycles. The standard InChI is InChI=1S/C29H38N4OSi2/c1-22-15-17-24(18-16-22)28(32-26-14-10-9-13-25(26)30-31-32)29(34)27(21-23-11-7-6-8-12-23)33-35(2,3)19-20-36(33,4)5/h6-18,27-29,34H,19-21H2,1-5H3/t27-,28?,29?/m0/s1. The molecular weight excluding hydrogens is 477 g/mol. The second-order valence-corrected chi connectivity index (χ2v) is 21.3. The van der Waals surface area contributed by atoms with Gasteiger partial charge in [-0.2, -0.15) is 0 Å². The number of aryl methyl sites for hydroxylation is 1. The van der Waals surface area contributed by atoms with Crippen LogP contribution in [-0.2, 0) is 6.42 Å². The van der Waals surface area contributed by atoms with E-state index in [0.29, 0.717) is 0 Å². The lowest BCUT2D eigenvalue weighted by Gasteiger charge is -2.48. The molecule has 0 bridgehead atoms. The molecule has 1 saturated heterocycles. The lowest BCUT2D eigenvalue weighted by atomic mass is 9.92. The van der Waals surface area contributed by atoms with Crippen molar-refractivity contribution in [1.29, 1.82) is 0 Å². The summed E-state index contributed by atoms with van der Waals surface area (Å²) in [6, 6.07) is 29.6. The van der Waals surface area contributed by atoms with Crippen LogP contribution in [-0.4, -0.2) is 52.9 Å². The van der Waals surface area contributed by atoms with E-state index in [4.69, 9.17) is 0 Å². The molecule has 1 aliphatic heterocycles. The number of hydrogen-bond acceptors (Lipinski definition) is 4. The molecule has 3 atom stereocenters. The van der Waals surface area contributed by atoms with Crippen LogP contribution >= 0.6 is 0 Å². The van der Waals surface area contributed by atoms with Crippen molar-refractivity contribution in [2.75, 3.05) is 0 Å². The number of aliphatic hydroxyl groups is 1. The first-order chi connectivity index (χ1) is 17.2. The SMILES string of the molecule is Cc1ccc(C(C(O)[C@H](Cc2ccccc2)N2[Si](C)(C)CC[Si]2(C)C)n2nnc3ccccc32)cc1. The van der Waals surface area contributed by atoms with Crippen LogP contribution in [0.15, 0.2) is 78.9 Å². The number of benzene rings is 3. The van der Waals surface area contributed by atoms with E-state index in [1.54, 1.807) is 0 Å². The highest BCUT2D eigenvalue weighted by Gasteiger charge is 2.52. The molecule has 1 aliphatic rings. The van der Waals surface area contributed by atoms with Crippen LogP contribution in [0.4, 0.5) is 0 Å². The summed E-state index contributed by atoms with van der Waals surface area (Å²) in [7, 11) is -3.38. The minimum Gasteiger partial charge on any atom is -0.389 e. The highest BCUT2D eigenvalue weighted by atomic mass is 28.4. The number of fused-ring (bicyclic) bond motifs is 1. The zero-order valence-electron chi connectivity index (χ0n) is 22.1. The van der Waals surface area contributed by atoms with Crippen LogP contribution in [0.2, 0.25) is 38.3 Å². The van der Waals surface area contributed by atoms with Gasteiger partial charge in [-0.1, -0.05) is 104 Å². The van der Waals surface area contributed by atoms with Gasteiger partial charge in [0, 0.05) is 6.04 Å². The summed E-state index contributed by atoms with van der Waals surface area (Å²) in [4.78, 5) is 0. The lowest BCUT2D eigenvalue weighted by molar-refractivity contribution is 0.0695. The first kappa shape index (κ1) is 25.1. The Morgan fingerprint density at radius 2 is 1.44 bits per heavy atom. The first-order valence-electron chi connectivity index (χ1n) is 13.1. The van der Waals surface area contributed by atoms with Crippen LogP contribution in [0.25, 0.3) is 11.0 Å². The highest BCUT2D eigenvalue weighted by Crippen LogP contribution is 2.42. The van der Waals surface area contributed by atoms with E-state index in [9.17, 15) is 5.11 Å². The largest absolute Gasteiger partial charge is 0.389 e. The van der Waals surface area contributed by atoms with Crippen molar-refractivity contribution in [3.05, 3.63) is 95.6 Å². The van der Waals surface area contributed by atoms with Gasteiger partial charge >= 0.3 is 0 Å². The quantitative estimate of drug-likeness (QED) is 0.306. The molecule has 5 rings (SSSR count). The van der Waals surface area contributed by atoms with E-state index in [1.807, 2.05) is 22.9 Å². The minimum atomic E-state index is -1.69. The Morgan fingerprint density at radius 1 is 0.833 bits per heavy atom. The molecular formula is C29H38N4OSi2. The number of rotatable bonds is 7. The summed E-state index contributed by atoms with van der Waals surface area (Å²) < 4.78 is 4.82. The Hall–Kier alpha value is -2.59. The van der Waals surface area contributed by atoms with E-state index in [1.165, 1.54) is 23.2 Å². The van der Waals surface area contributed by atoms with E-state index in [2.05, 4.69) is 108 Å². The zero-order chi connectivity index (χ0) is 25.5. The maximum atomic E-state index is 12.5. The van der Waals surface area contributed by atoms with Gasteiger partial charge in [-0.25, -0.2) is 4.68 Å². The van der Waals surface area contributed by atoms with Gasteiger partial charge in [-0.15, -0.1) is 5.10 Å². The summed E-state index contributed by atoms with van der Waals surface area (Å²) in [5, 5.41) is 21.6. The van der Waals surface area contributed by atoms with Gasteiger partial charge < -0.3 is 9.34 Å². The zero-order valence-corrected chi connectivity index (χ0v) is 24.1. The fraction of sp³-hybridized carbons (Fsp3) is 0.379. The van der Waals surface area contributed by atoms with Gasteiger partial charge in [-0.3, -0.25) is 0 Å². The molecule has 1 N–H and O–H groups in total. The Bertz CT molecular complexity index is 1300. The molecule has 0 aliphatic carbocycles. The predicted molar refractivity (Wildman–Crippen MR) is 153 cm³/mol. The summed E-state index contributed by atoms with van der Waals surface area (Å²) in [6.07, 6.45) is 0.179. The van der Waals surface area contributed by atoms with E-state index in [-0.39, 0.29) is 12.1 Å². The smallest absolute Gasteiger partial charge is 0.115 e. The molecule has 2 unspecified atom stereocenters. The molecule has 0 amide bonds. The van der Waals surface area contributed by atoms with E-state index >= 15 is 0 Å². The number of aliphatic hydroxyl groups excluding tert-OH is 1. The Labute approximate surface area is 217 Å². The summed E-state index contributed by atoms with van der Waals surface area (Å²) >= 11 is 0. The summed E-state index contributed by atoms with van der Waals surface area (Å²) in [5.74, 6) is 0. The third-order valence-corrected chi connectivity index (χ3v) is 18.4. The van der Waals surface area contributed by atoms with Crippen molar-refractivity contribution in [3.63, 3.8) is 0 Å². The molecule has 0 spiro atoms. The molecule has 5 nitrogen and oxygen atoms in total. The number of hydrogen-bond donors (Lipinski definition) is 1. The Kier molecular flexibility index (Phi) is 6.76. The van der Waals surface area contributed by atoms with Crippen molar-refractivity contribution in [2.24, 2.45) is 0 Å². The van der Waals surface area contributed by atoms with Crippen molar-refractivity contribution < 1.29 is 5.11 Å². The van der Waals surface area contributed by atoms with Gasteiger partial charge in [0.15, 0.2) is 0 Å². The third kappa shape index (κ3) is 4.73. The fourth-order valence-electron chi connectivity index (χ4n) is 6.34. The van der Waals surface area contributed by atoms with E-state index < -0.39 is 22.6 Å². The van der Waals surface area contributed by atoms with Gasteiger partial charge in [0.2, 0.25) is 0 Å². The molecule has 188 valence electrons. The molecule has 0 radical (unpaired) electrons. The van der Waals surface area contributed by atoms with Crippen LogP contribution in [0, 0.1) is 6.92 Å². The molecule has 0 saturated carbocycles. The normalized spacial score (nSPS) is 19.8. The van der Waals surface area contributed by atoms with Crippen LogP contribution in [0.3, 0.4) is 0 Å². The molecule has 4 aromatic rings. The summed E-state index contributed by atoms with van der Waals surface area (Å²) in [6.45, 7) is 12.1. The number of aromatic nitrogens is 3. The molecule has 1 aromatic heterocycles. The van der Waals surface area contributed by atoms with E-state index in [0.717, 1.165) is 23.0 Å². The Morgan fingerprint density at radius 3 is 2.11 bits per heavy atom. The molecule has 7 heteroatoms. The molecule has 2 heterocycles. The second kappa shape index (κ2) is 9.70. The average Bonchev–Trinajstić information content (AvgIpc) is 3.37. The van der Waals surface area contributed by atoms with Gasteiger partial charge in [0.1, 0.15) is 28.0 Å². The summed E-state index contributed by atoms with van der Waals surface area (Å²) in [5.41, 5.74) is 5.36. The van der Waals surface area contributed by atoms with Crippen molar-refractivity contribution >= 4 is 27.5 Å². The predicted octanol–water partition coefficient (Wildman–Crippen LogP) is 6.03. The maximum absolute atomic E-state index is 12.5. The fourth-order valence-corrected chi connectivity index (χ4v) is 21.2. The van der Waals surface area contributed by atoms with Crippen LogP contribution < -0.4 is 0 Å². The average molecular weight is 515 g/mol.